The molecule has 32 heavy (non-hydrogen) atoms. The van der Waals surface area contributed by atoms with E-state index >= 15 is 0 Å². The highest BCUT2D eigenvalue weighted by atomic mass is 32.1. The Labute approximate surface area is 187 Å². The van der Waals surface area contributed by atoms with Crippen molar-refractivity contribution in [3.63, 3.8) is 0 Å². The Morgan fingerprint density at radius 1 is 1.16 bits per heavy atom. The molecule has 0 radical (unpaired) electrons. The summed E-state index contributed by atoms with van der Waals surface area (Å²) in [5.41, 5.74) is 2.54. The predicted molar refractivity (Wildman–Crippen MR) is 120 cm³/mol. The zero-order valence-corrected chi connectivity index (χ0v) is 17.8. The summed E-state index contributed by atoms with van der Waals surface area (Å²) in [5, 5.41) is 19.0. The first-order chi connectivity index (χ1) is 15.4. The number of hydrogen-bond acceptors (Lipinski definition) is 8. The summed E-state index contributed by atoms with van der Waals surface area (Å²) < 4.78 is 3.74. The number of aromatic nitrogens is 4. The molecule has 0 aliphatic carbocycles. The monoisotopic (exact) mass is 441 g/mol. The Hall–Kier alpha value is -4.54. The third kappa shape index (κ3) is 4.31. The molecule has 0 fully saturated rings. The fourth-order valence-corrected chi connectivity index (χ4v) is 3.37. The van der Waals surface area contributed by atoms with Crippen molar-refractivity contribution in [3.05, 3.63) is 80.6 Å². The van der Waals surface area contributed by atoms with E-state index in [0.29, 0.717) is 21.8 Å². The average Bonchev–Trinajstić information content (AvgIpc) is 3.21. The maximum absolute atomic E-state index is 12.4. The number of carbonyl (C=O) groups is 1. The van der Waals surface area contributed by atoms with Crippen LogP contribution in [0.1, 0.15) is 26.5 Å². The lowest BCUT2D eigenvalue weighted by molar-refractivity contribution is 0.103. The number of benzene rings is 1. The molecule has 4 rings (SSSR count). The highest BCUT2D eigenvalue weighted by Crippen LogP contribution is 2.21. The van der Waals surface area contributed by atoms with Gasteiger partial charge in [-0.05, 0) is 55.7 Å². The summed E-state index contributed by atoms with van der Waals surface area (Å²) >= 11 is 0.998. The summed E-state index contributed by atoms with van der Waals surface area (Å²) in [5.74, 6) is -0.168. The fraction of sp³-hybridized carbons (Fsp3) is 0.0909. The molecule has 9 nitrogen and oxygen atoms in total. The summed E-state index contributed by atoms with van der Waals surface area (Å²) in [6.07, 6.45) is 0. The third-order valence-electron chi connectivity index (χ3n) is 4.46. The second-order valence-electron chi connectivity index (χ2n) is 6.79. The fourth-order valence-electron chi connectivity index (χ4n) is 2.82. The topological polar surface area (TPSA) is 136 Å². The van der Waals surface area contributed by atoms with E-state index in [2.05, 4.69) is 42.3 Å². The predicted octanol–water partition coefficient (Wildman–Crippen LogP) is 3.37. The van der Waals surface area contributed by atoms with Crippen molar-refractivity contribution in [2.45, 2.75) is 13.8 Å². The Bertz CT molecular complexity index is 1380. The van der Waals surface area contributed by atoms with Crippen LogP contribution in [0, 0.1) is 37.3 Å². The number of amides is 1. The molecule has 10 heteroatoms. The molecular formula is C22H15N7O2S. The molecule has 0 saturated carbocycles. The molecule has 1 amide bonds. The number of nitrogens with zero attached hydrogens (tertiary/aromatic N) is 4. The van der Waals surface area contributed by atoms with Crippen LogP contribution in [-0.4, -0.2) is 25.5 Å². The minimum atomic E-state index is -0.578. The van der Waals surface area contributed by atoms with E-state index in [-0.39, 0.29) is 23.1 Å². The molecule has 0 aliphatic heterocycles. The van der Waals surface area contributed by atoms with Crippen LogP contribution in [0.4, 0.5) is 17.3 Å². The van der Waals surface area contributed by atoms with Gasteiger partial charge in [-0.1, -0.05) is 28.3 Å². The second-order valence-corrected chi connectivity index (χ2v) is 7.55. The van der Waals surface area contributed by atoms with Gasteiger partial charge >= 0.3 is 0 Å². The molecule has 3 N–H and O–H groups in total. The molecule has 156 valence electrons. The molecule has 2 aromatic heterocycles. The van der Waals surface area contributed by atoms with Gasteiger partial charge in [0.25, 0.3) is 11.5 Å². The molecular weight excluding hydrogens is 426 g/mol. The lowest BCUT2D eigenvalue weighted by Crippen LogP contribution is -2.16. The van der Waals surface area contributed by atoms with Gasteiger partial charge in [-0.3, -0.25) is 14.6 Å². The van der Waals surface area contributed by atoms with Gasteiger partial charge in [0.2, 0.25) is 5.95 Å². The summed E-state index contributed by atoms with van der Waals surface area (Å²) in [6.45, 7) is 3.67. The number of rotatable bonds is 5. The van der Waals surface area contributed by atoms with Gasteiger partial charge in [0.05, 0.1) is 16.9 Å². The number of hydrogen-bond donors (Lipinski definition) is 3. The highest BCUT2D eigenvalue weighted by Gasteiger charge is 2.15. The van der Waals surface area contributed by atoms with Crippen LogP contribution in [0.5, 0.6) is 0 Å². The molecule has 0 spiro atoms. The van der Waals surface area contributed by atoms with Crippen molar-refractivity contribution in [2.24, 2.45) is 0 Å². The van der Waals surface area contributed by atoms with E-state index in [1.807, 2.05) is 37.3 Å². The van der Waals surface area contributed by atoms with Crippen molar-refractivity contribution in [1.29, 1.82) is 5.26 Å². The van der Waals surface area contributed by atoms with Gasteiger partial charge in [-0.25, -0.2) is 4.98 Å². The van der Waals surface area contributed by atoms with E-state index < -0.39 is 5.56 Å². The van der Waals surface area contributed by atoms with Crippen LogP contribution >= 0.6 is 11.5 Å². The van der Waals surface area contributed by atoms with E-state index in [4.69, 9.17) is 0 Å². The maximum atomic E-state index is 12.4. The van der Waals surface area contributed by atoms with Crippen LogP contribution in [0.25, 0.3) is 11.3 Å². The SMILES string of the molecule is Cc1ccc(Nc2nc(-c3c#cc(NC(=O)c4snnc4C)cc3)c(C#N)c(=O)[nH]2)cc1. The van der Waals surface area contributed by atoms with Crippen LogP contribution in [0.2, 0.25) is 0 Å². The Morgan fingerprint density at radius 2 is 1.94 bits per heavy atom. The maximum Gasteiger partial charge on any atom is 0.270 e. The molecule has 2 heterocycles. The number of carbonyl (C=O) groups excluding carboxylic acids is 1. The minimum absolute atomic E-state index is 0.146. The van der Waals surface area contributed by atoms with Crippen LogP contribution < -0.4 is 16.2 Å². The summed E-state index contributed by atoms with van der Waals surface area (Å²) in [4.78, 5) is 32.1. The molecule has 2 aromatic carbocycles. The van der Waals surface area contributed by atoms with Gasteiger partial charge < -0.3 is 10.6 Å². The van der Waals surface area contributed by atoms with E-state index in [0.717, 1.165) is 22.8 Å². The van der Waals surface area contributed by atoms with E-state index in [9.17, 15) is 14.9 Å². The van der Waals surface area contributed by atoms with E-state index in [1.165, 1.54) is 0 Å². The second kappa shape index (κ2) is 8.68. The molecule has 0 bridgehead atoms. The lowest BCUT2D eigenvalue weighted by atomic mass is 10.1. The van der Waals surface area contributed by atoms with Crippen molar-refractivity contribution < 1.29 is 4.79 Å². The lowest BCUT2D eigenvalue weighted by Gasteiger charge is -2.08. The Morgan fingerprint density at radius 3 is 2.56 bits per heavy atom. The van der Waals surface area contributed by atoms with Crippen molar-refractivity contribution in [2.75, 3.05) is 10.6 Å². The number of aromatic amines is 1. The first-order valence-electron chi connectivity index (χ1n) is 9.37. The zero-order valence-electron chi connectivity index (χ0n) is 17.0. The normalized spacial score (nSPS) is 10.2. The van der Waals surface area contributed by atoms with Crippen molar-refractivity contribution >= 4 is 34.8 Å². The number of H-pyrrole nitrogens is 1. The van der Waals surface area contributed by atoms with Gasteiger partial charge in [0.15, 0.2) is 0 Å². The number of nitriles is 1. The number of anilines is 3. The molecule has 0 saturated heterocycles. The third-order valence-corrected chi connectivity index (χ3v) is 5.28. The van der Waals surface area contributed by atoms with Crippen LogP contribution in [0.3, 0.4) is 0 Å². The van der Waals surface area contributed by atoms with Crippen molar-refractivity contribution in [1.82, 2.24) is 19.6 Å². The highest BCUT2D eigenvalue weighted by molar-refractivity contribution is 7.08. The molecule has 0 aliphatic rings. The largest absolute Gasteiger partial charge is 0.326 e. The van der Waals surface area contributed by atoms with Gasteiger partial charge in [0.1, 0.15) is 22.2 Å². The summed E-state index contributed by atoms with van der Waals surface area (Å²) in [6, 6.07) is 18.3. The summed E-state index contributed by atoms with van der Waals surface area (Å²) in [7, 11) is 0. The van der Waals surface area contributed by atoms with E-state index in [1.54, 1.807) is 19.1 Å². The molecule has 0 atom stereocenters. The standard InChI is InChI=1S/C22H15N7O2S/c1-12-3-7-16(8-4-12)25-22-26-18(17(11-23)20(30)27-22)14-5-9-15(10-6-14)24-21(31)19-13(2)28-29-32-19/h3-5,7-9H,1-2H3,(H,24,31)(H2,25,26,27,30). The van der Waals surface area contributed by atoms with Crippen molar-refractivity contribution in [3.8, 4) is 17.3 Å². The van der Waals surface area contributed by atoms with Gasteiger partial charge in [-0.2, -0.15) is 5.26 Å². The average molecular weight is 441 g/mol. The smallest absolute Gasteiger partial charge is 0.270 e. The minimum Gasteiger partial charge on any atom is -0.326 e. The first kappa shape index (κ1) is 20.7. The van der Waals surface area contributed by atoms with Crippen LogP contribution in [0.15, 0.2) is 41.2 Å². The number of nitrogens with one attached hydrogen (secondary N) is 3. The Balaban J connectivity index is 1.62. The van der Waals surface area contributed by atoms with Gasteiger partial charge in [0, 0.05) is 5.69 Å². The van der Waals surface area contributed by atoms with Gasteiger partial charge in [-0.15, -0.1) is 5.10 Å². The Kier molecular flexibility index (Phi) is 5.62. The van der Waals surface area contributed by atoms with Crippen LogP contribution in [-0.2, 0) is 0 Å². The first-order valence-corrected chi connectivity index (χ1v) is 10.1. The zero-order chi connectivity index (χ0) is 22.7. The number of aryl methyl sites for hydroxylation is 2. The molecule has 0 unspecified atom stereocenters. The molecule has 4 aromatic rings. The quantitative estimate of drug-likeness (QED) is 0.432.